The fraction of sp³-hybridized carbons (Fsp3) is 0.562. The number of hydrogen-bond acceptors (Lipinski definition) is 3. The standard InChI is InChI=1S/C16H24N2O3/c1-3-17(16(20)18-8-10-21-11-9-18)12-15(19)14-6-4-13(2)5-7-14/h4-7,15,19H,3,8-12H2,1-2H3. The van der Waals surface area contributed by atoms with Crippen molar-refractivity contribution in [3.8, 4) is 0 Å². The van der Waals surface area contributed by atoms with Crippen molar-refractivity contribution in [2.24, 2.45) is 0 Å². The van der Waals surface area contributed by atoms with Crippen LogP contribution in [0.1, 0.15) is 24.2 Å². The van der Waals surface area contributed by atoms with Crippen LogP contribution >= 0.6 is 0 Å². The topological polar surface area (TPSA) is 53.0 Å². The number of benzene rings is 1. The molecule has 1 aliphatic heterocycles. The van der Waals surface area contributed by atoms with Crippen LogP contribution in [-0.2, 0) is 4.74 Å². The van der Waals surface area contributed by atoms with E-state index in [0.717, 1.165) is 11.1 Å². The van der Waals surface area contributed by atoms with Gasteiger partial charge in [-0.05, 0) is 19.4 Å². The molecule has 0 bridgehead atoms. The average molecular weight is 292 g/mol. The van der Waals surface area contributed by atoms with E-state index in [4.69, 9.17) is 4.74 Å². The molecule has 1 N–H and O–H groups in total. The first-order valence-corrected chi connectivity index (χ1v) is 7.48. The van der Waals surface area contributed by atoms with E-state index in [0.29, 0.717) is 39.4 Å². The number of nitrogens with zero attached hydrogens (tertiary/aromatic N) is 2. The molecule has 1 atom stereocenters. The number of carbonyl (C=O) groups is 1. The van der Waals surface area contributed by atoms with Crippen molar-refractivity contribution in [3.05, 3.63) is 35.4 Å². The number of rotatable bonds is 4. The van der Waals surface area contributed by atoms with Crippen LogP contribution in [0.25, 0.3) is 0 Å². The molecule has 0 spiro atoms. The Hall–Kier alpha value is -1.59. The average Bonchev–Trinajstić information content (AvgIpc) is 2.53. The molecular weight excluding hydrogens is 268 g/mol. The first-order valence-electron chi connectivity index (χ1n) is 7.48. The fourth-order valence-corrected chi connectivity index (χ4v) is 2.40. The SMILES string of the molecule is CCN(CC(O)c1ccc(C)cc1)C(=O)N1CCOCC1. The Morgan fingerprint density at radius 2 is 1.95 bits per heavy atom. The van der Waals surface area contributed by atoms with Gasteiger partial charge in [-0.3, -0.25) is 0 Å². The normalized spacial score (nSPS) is 16.6. The van der Waals surface area contributed by atoms with Crippen molar-refractivity contribution in [2.45, 2.75) is 20.0 Å². The third-order valence-corrected chi connectivity index (χ3v) is 3.79. The molecule has 5 nitrogen and oxygen atoms in total. The van der Waals surface area contributed by atoms with E-state index in [2.05, 4.69) is 0 Å². The molecule has 1 saturated heterocycles. The lowest BCUT2D eigenvalue weighted by Crippen LogP contribution is -2.49. The van der Waals surface area contributed by atoms with Crippen molar-refractivity contribution in [1.29, 1.82) is 0 Å². The molecule has 0 aliphatic carbocycles. The van der Waals surface area contributed by atoms with E-state index in [9.17, 15) is 9.90 Å². The molecule has 116 valence electrons. The predicted molar refractivity (Wildman–Crippen MR) is 81.2 cm³/mol. The van der Waals surface area contributed by atoms with E-state index in [1.165, 1.54) is 0 Å². The van der Waals surface area contributed by atoms with Crippen molar-refractivity contribution in [2.75, 3.05) is 39.4 Å². The van der Waals surface area contributed by atoms with Crippen molar-refractivity contribution < 1.29 is 14.6 Å². The third kappa shape index (κ3) is 4.19. The van der Waals surface area contributed by atoms with Crippen LogP contribution in [-0.4, -0.2) is 60.3 Å². The summed E-state index contributed by atoms with van der Waals surface area (Å²) in [5, 5.41) is 10.3. The highest BCUT2D eigenvalue weighted by atomic mass is 16.5. The van der Waals surface area contributed by atoms with Gasteiger partial charge in [0.05, 0.1) is 25.9 Å². The van der Waals surface area contributed by atoms with Crippen LogP contribution in [0.3, 0.4) is 0 Å². The summed E-state index contributed by atoms with van der Waals surface area (Å²) in [5.41, 5.74) is 2.00. The van der Waals surface area contributed by atoms with Crippen molar-refractivity contribution in [3.63, 3.8) is 0 Å². The lowest BCUT2D eigenvalue weighted by Gasteiger charge is -2.33. The van der Waals surface area contributed by atoms with Crippen LogP contribution in [0.2, 0.25) is 0 Å². The Balaban J connectivity index is 1.97. The quantitative estimate of drug-likeness (QED) is 0.920. The molecule has 21 heavy (non-hydrogen) atoms. The number of urea groups is 1. The number of aliphatic hydroxyl groups is 1. The van der Waals surface area contributed by atoms with Crippen molar-refractivity contribution in [1.82, 2.24) is 9.80 Å². The second-order valence-corrected chi connectivity index (χ2v) is 5.35. The third-order valence-electron chi connectivity index (χ3n) is 3.79. The molecule has 1 aliphatic rings. The molecule has 0 saturated carbocycles. The first-order chi connectivity index (χ1) is 10.1. The highest BCUT2D eigenvalue weighted by molar-refractivity contribution is 5.74. The number of amides is 2. The van der Waals surface area contributed by atoms with Gasteiger partial charge in [0.1, 0.15) is 0 Å². The van der Waals surface area contributed by atoms with E-state index < -0.39 is 6.10 Å². The zero-order chi connectivity index (χ0) is 15.2. The molecule has 2 amide bonds. The molecule has 1 heterocycles. The summed E-state index contributed by atoms with van der Waals surface area (Å²) in [6.07, 6.45) is -0.657. The summed E-state index contributed by atoms with van der Waals surface area (Å²) in [4.78, 5) is 15.9. The lowest BCUT2D eigenvalue weighted by atomic mass is 10.1. The largest absolute Gasteiger partial charge is 0.387 e. The van der Waals surface area contributed by atoms with Gasteiger partial charge in [-0.2, -0.15) is 0 Å². The summed E-state index contributed by atoms with van der Waals surface area (Å²) in [5.74, 6) is 0. The zero-order valence-corrected chi connectivity index (χ0v) is 12.8. The molecule has 0 radical (unpaired) electrons. The van der Waals surface area contributed by atoms with E-state index in [-0.39, 0.29) is 6.03 Å². The maximum Gasteiger partial charge on any atom is 0.320 e. The maximum atomic E-state index is 12.4. The van der Waals surface area contributed by atoms with Crippen LogP contribution in [0, 0.1) is 6.92 Å². The Morgan fingerprint density at radius 1 is 1.33 bits per heavy atom. The van der Waals surface area contributed by atoms with Crippen LogP contribution in [0.5, 0.6) is 0 Å². The Morgan fingerprint density at radius 3 is 2.52 bits per heavy atom. The second-order valence-electron chi connectivity index (χ2n) is 5.35. The Labute approximate surface area is 126 Å². The maximum absolute atomic E-state index is 12.4. The number of morpholine rings is 1. The fourth-order valence-electron chi connectivity index (χ4n) is 2.40. The Bertz CT molecular complexity index is 455. The summed E-state index contributed by atoms with van der Waals surface area (Å²) >= 11 is 0. The van der Waals surface area contributed by atoms with Gasteiger partial charge in [0.15, 0.2) is 0 Å². The second kappa shape index (κ2) is 7.43. The zero-order valence-electron chi connectivity index (χ0n) is 12.8. The van der Waals surface area contributed by atoms with Crippen molar-refractivity contribution >= 4 is 6.03 Å². The van der Waals surface area contributed by atoms with Gasteiger partial charge in [0, 0.05) is 19.6 Å². The molecule has 5 heteroatoms. The number of ether oxygens (including phenoxy) is 1. The first kappa shape index (κ1) is 15.8. The summed E-state index contributed by atoms with van der Waals surface area (Å²) < 4.78 is 5.26. The van der Waals surface area contributed by atoms with Crippen LogP contribution in [0.15, 0.2) is 24.3 Å². The lowest BCUT2D eigenvalue weighted by molar-refractivity contribution is 0.0382. The van der Waals surface area contributed by atoms with Gasteiger partial charge in [0.25, 0.3) is 0 Å². The van der Waals surface area contributed by atoms with Gasteiger partial charge in [0.2, 0.25) is 0 Å². The van der Waals surface area contributed by atoms with Gasteiger partial charge in [-0.1, -0.05) is 29.8 Å². The minimum atomic E-state index is -0.657. The molecule has 1 unspecified atom stereocenters. The summed E-state index contributed by atoms with van der Waals surface area (Å²) in [6.45, 7) is 7.26. The minimum Gasteiger partial charge on any atom is -0.387 e. The number of likely N-dealkylation sites (N-methyl/N-ethyl adjacent to an activating group) is 1. The van der Waals surface area contributed by atoms with Gasteiger partial charge < -0.3 is 19.6 Å². The molecule has 0 aromatic heterocycles. The van der Waals surface area contributed by atoms with Gasteiger partial charge in [-0.25, -0.2) is 4.79 Å². The Kier molecular flexibility index (Phi) is 5.59. The van der Waals surface area contributed by atoms with E-state index >= 15 is 0 Å². The minimum absolute atomic E-state index is 0.0213. The molecule has 1 aromatic carbocycles. The smallest absolute Gasteiger partial charge is 0.320 e. The molecular formula is C16H24N2O3. The van der Waals surface area contributed by atoms with Crippen LogP contribution in [0.4, 0.5) is 4.79 Å². The molecule has 2 rings (SSSR count). The van der Waals surface area contributed by atoms with Gasteiger partial charge >= 0.3 is 6.03 Å². The monoisotopic (exact) mass is 292 g/mol. The van der Waals surface area contributed by atoms with Crippen LogP contribution < -0.4 is 0 Å². The van der Waals surface area contributed by atoms with E-state index in [1.807, 2.05) is 38.1 Å². The summed E-state index contributed by atoms with van der Waals surface area (Å²) in [6, 6.07) is 7.74. The number of carbonyl (C=O) groups excluding carboxylic acids is 1. The predicted octanol–water partition coefficient (Wildman–Crippen LogP) is 1.80. The number of aryl methyl sites for hydroxylation is 1. The highest BCUT2D eigenvalue weighted by Gasteiger charge is 2.23. The number of hydrogen-bond donors (Lipinski definition) is 1. The molecule has 1 aromatic rings. The van der Waals surface area contributed by atoms with E-state index in [1.54, 1.807) is 9.80 Å². The summed E-state index contributed by atoms with van der Waals surface area (Å²) in [7, 11) is 0. The number of aliphatic hydroxyl groups excluding tert-OH is 1. The highest BCUT2D eigenvalue weighted by Crippen LogP contribution is 2.16. The molecule has 1 fully saturated rings. The van der Waals surface area contributed by atoms with Gasteiger partial charge in [-0.15, -0.1) is 0 Å².